The molecule has 11 heavy (non-hydrogen) atoms. The Morgan fingerprint density at radius 3 is 3.18 bits per heavy atom. The predicted octanol–water partition coefficient (Wildman–Crippen LogP) is 1.46. The van der Waals surface area contributed by atoms with Gasteiger partial charge in [-0.1, -0.05) is 11.6 Å². The number of fused-ring (bicyclic) bond motifs is 1. The van der Waals surface area contributed by atoms with Gasteiger partial charge < -0.3 is 10.2 Å². The molecule has 0 unspecified atom stereocenters. The van der Waals surface area contributed by atoms with E-state index in [-0.39, 0.29) is 6.01 Å². The van der Waals surface area contributed by atoms with Gasteiger partial charge >= 0.3 is 0 Å². The number of hydrogen-bond acceptors (Lipinski definition) is 4. The molecule has 2 rings (SSSR count). The minimum Gasteiger partial charge on any atom is -0.422 e. The Morgan fingerprint density at radius 1 is 1.55 bits per heavy atom. The van der Waals surface area contributed by atoms with Crippen LogP contribution in [0.5, 0.6) is 0 Å². The van der Waals surface area contributed by atoms with Crippen LogP contribution in [0.2, 0.25) is 5.02 Å². The molecule has 0 spiro atoms. The fourth-order valence-corrected chi connectivity index (χ4v) is 0.960. The van der Waals surface area contributed by atoms with Crippen LogP contribution in [-0.4, -0.2) is 9.97 Å². The Labute approximate surface area is 67.0 Å². The summed E-state index contributed by atoms with van der Waals surface area (Å²) in [5, 5.41) is 0.508. The smallest absolute Gasteiger partial charge is 0.294 e. The summed E-state index contributed by atoms with van der Waals surface area (Å²) in [6.07, 6.45) is 1.49. The van der Waals surface area contributed by atoms with Gasteiger partial charge in [-0.15, -0.1) is 0 Å². The van der Waals surface area contributed by atoms with Crippen molar-refractivity contribution in [1.82, 2.24) is 9.97 Å². The second-order valence-corrected chi connectivity index (χ2v) is 2.46. The average Bonchev–Trinajstić information content (AvgIpc) is 2.27. The van der Waals surface area contributed by atoms with Crippen molar-refractivity contribution >= 4 is 28.8 Å². The summed E-state index contributed by atoms with van der Waals surface area (Å²) in [5.74, 6) is 0. The lowest BCUT2D eigenvalue weighted by molar-refractivity contribution is 0.626. The monoisotopic (exact) mass is 169 g/mol. The number of halogens is 1. The molecule has 4 nitrogen and oxygen atoms in total. The van der Waals surface area contributed by atoms with E-state index < -0.39 is 0 Å². The van der Waals surface area contributed by atoms with Crippen molar-refractivity contribution in [3.63, 3.8) is 0 Å². The van der Waals surface area contributed by atoms with Crippen molar-refractivity contribution in [3.05, 3.63) is 17.3 Å². The molecule has 2 N–H and O–H groups in total. The first-order valence-corrected chi connectivity index (χ1v) is 3.31. The van der Waals surface area contributed by atoms with Crippen LogP contribution in [0, 0.1) is 0 Å². The van der Waals surface area contributed by atoms with Gasteiger partial charge in [-0.05, 0) is 0 Å². The number of anilines is 1. The Kier molecular flexibility index (Phi) is 1.22. The zero-order chi connectivity index (χ0) is 7.84. The molecule has 0 fully saturated rings. The minimum absolute atomic E-state index is 0.106. The highest BCUT2D eigenvalue weighted by molar-refractivity contribution is 6.30. The molecule has 56 valence electrons. The molecule has 0 radical (unpaired) electrons. The predicted molar refractivity (Wildman–Crippen MR) is 41.2 cm³/mol. The zero-order valence-electron chi connectivity index (χ0n) is 5.41. The fraction of sp³-hybridized carbons (Fsp3) is 0. The lowest BCUT2D eigenvalue weighted by atomic mass is 10.5. The van der Waals surface area contributed by atoms with Crippen molar-refractivity contribution in [1.29, 1.82) is 0 Å². The van der Waals surface area contributed by atoms with Crippen LogP contribution in [0.4, 0.5) is 6.01 Å². The van der Waals surface area contributed by atoms with E-state index in [0.29, 0.717) is 16.3 Å². The van der Waals surface area contributed by atoms with Crippen molar-refractivity contribution in [2.45, 2.75) is 0 Å². The molecule has 0 amide bonds. The van der Waals surface area contributed by atoms with Gasteiger partial charge in [0, 0.05) is 12.3 Å². The molecule has 5 heteroatoms. The first-order chi connectivity index (χ1) is 5.25. The molecule has 0 saturated carbocycles. The molecule has 0 saturated heterocycles. The van der Waals surface area contributed by atoms with Crippen LogP contribution in [0.25, 0.3) is 11.2 Å². The summed E-state index contributed by atoms with van der Waals surface area (Å²) in [5.41, 5.74) is 6.27. The second kappa shape index (κ2) is 2.10. The number of oxazole rings is 1. The third-order valence-electron chi connectivity index (χ3n) is 1.23. The van der Waals surface area contributed by atoms with E-state index in [1.165, 1.54) is 6.20 Å². The molecular formula is C6H4ClN3O. The highest BCUT2D eigenvalue weighted by Crippen LogP contribution is 2.17. The van der Waals surface area contributed by atoms with E-state index in [1.807, 2.05) is 0 Å². The molecule has 0 aliphatic carbocycles. The summed E-state index contributed by atoms with van der Waals surface area (Å²) in [6, 6.07) is 1.72. The maximum atomic E-state index is 5.64. The summed E-state index contributed by atoms with van der Waals surface area (Å²) >= 11 is 5.64. The fourth-order valence-electron chi connectivity index (χ4n) is 0.812. The summed E-state index contributed by atoms with van der Waals surface area (Å²) in [7, 11) is 0. The van der Waals surface area contributed by atoms with E-state index in [0.717, 1.165) is 0 Å². The van der Waals surface area contributed by atoms with Crippen molar-refractivity contribution in [2.75, 3.05) is 5.73 Å². The maximum absolute atomic E-state index is 5.64. The number of rotatable bonds is 0. The normalized spacial score (nSPS) is 10.6. The molecule has 0 aromatic carbocycles. The Morgan fingerprint density at radius 2 is 2.36 bits per heavy atom. The first kappa shape index (κ1) is 6.42. The van der Waals surface area contributed by atoms with Crippen LogP contribution >= 0.6 is 11.6 Å². The highest BCUT2D eigenvalue weighted by Gasteiger charge is 2.02. The summed E-state index contributed by atoms with van der Waals surface area (Å²) in [4.78, 5) is 7.68. The topological polar surface area (TPSA) is 64.9 Å². The standard InChI is InChI=1S/C6H4ClN3O/c7-3-1-4-5(9-2-3)10-6(8)11-4/h1-2H,(H2,8,9,10). The second-order valence-electron chi connectivity index (χ2n) is 2.03. The summed E-state index contributed by atoms with van der Waals surface area (Å²) in [6.45, 7) is 0. The maximum Gasteiger partial charge on any atom is 0.294 e. The van der Waals surface area contributed by atoms with Gasteiger partial charge in [-0.25, -0.2) is 4.98 Å². The van der Waals surface area contributed by atoms with Crippen LogP contribution in [0.15, 0.2) is 16.7 Å². The highest BCUT2D eigenvalue weighted by atomic mass is 35.5. The molecule has 0 atom stereocenters. The van der Waals surface area contributed by atoms with Gasteiger partial charge in [0.2, 0.25) is 5.65 Å². The number of hydrogen-bond donors (Lipinski definition) is 1. The lowest BCUT2D eigenvalue weighted by Gasteiger charge is -1.84. The van der Waals surface area contributed by atoms with Gasteiger partial charge in [0.1, 0.15) is 0 Å². The van der Waals surface area contributed by atoms with Crippen molar-refractivity contribution in [3.8, 4) is 0 Å². The van der Waals surface area contributed by atoms with Gasteiger partial charge in [0.25, 0.3) is 6.01 Å². The lowest BCUT2D eigenvalue weighted by Crippen LogP contribution is -1.81. The molecule has 0 bridgehead atoms. The number of pyridine rings is 1. The van der Waals surface area contributed by atoms with Crippen molar-refractivity contribution < 1.29 is 4.42 Å². The quantitative estimate of drug-likeness (QED) is 0.649. The van der Waals surface area contributed by atoms with E-state index in [9.17, 15) is 0 Å². The Hall–Kier alpha value is -1.29. The molecule has 2 heterocycles. The molecular weight excluding hydrogens is 166 g/mol. The third-order valence-corrected chi connectivity index (χ3v) is 1.44. The van der Waals surface area contributed by atoms with Gasteiger partial charge in [0.15, 0.2) is 5.58 Å². The Bertz CT molecular complexity index is 398. The average molecular weight is 170 g/mol. The number of nitrogens with zero attached hydrogens (tertiary/aromatic N) is 2. The minimum atomic E-state index is 0.106. The largest absolute Gasteiger partial charge is 0.422 e. The van der Waals surface area contributed by atoms with E-state index in [4.69, 9.17) is 21.8 Å². The van der Waals surface area contributed by atoms with Gasteiger partial charge in [0.05, 0.1) is 5.02 Å². The Balaban J connectivity index is 2.82. The zero-order valence-corrected chi connectivity index (χ0v) is 6.17. The summed E-state index contributed by atoms with van der Waals surface area (Å²) < 4.78 is 4.97. The number of aromatic nitrogens is 2. The van der Waals surface area contributed by atoms with Crippen LogP contribution in [0.3, 0.4) is 0 Å². The van der Waals surface area contributed by atoms with Crippen molar-refractivity contribution in [2.24, 2.45) is 0 Å². The number of nitrogens with two attached hydrogens (primary N) is 1. The SMILES string of the molecule is Nc1nc2ncc(Cl)cc2o1. The third kappa shape index (κ3) is 1.01. The van der Waals surface area contributed by atoms with Crippen LogP contribution < -0.4 is 5.73 Å². The van der Waals surface area contributed by atoms with E-state index >= 15 is 0 Å². The van der Waals surface area contributed by atoms with Gasteiger partial charge in [-0.3, -0.25) is 0 Å². The molecule has 0 aliphatic heterocycles. The first-order valence-electron chi connectivity index (χ1n) is 2.93. The van der Waals surface area contributed by atoms with Crippen LogP contribution in [-0.2, 0) is 0 Å². The van der Waals surface area contributed by atoms with E-state index in [1.54, 1.807) is 6.07 Å². The molecule has 2 aromatic rings. The van der Waals surface area contributed by atoms with Gasteiger partial charge in [-0.2, -0.15) is 4.98 Å². The van der Waals surface area contributed by atoms with Crippen LogP contribution in [0.1, 0.15) is 0 Å². The number of nitrogen functional groups attached to an aromatic ring is 1. The van der Waals surface area contributed by atoms with E-state index in [2.05, 4.69) is 9.97 Å². The molecule has 0 aliphatic rings. The molecule has 2 aromatic heterocycles.